The van der Waals surface area contributed by atoms with Crippen LogP contribution in [0.1, 0.15) is 24.1 Å². The predicted molar refractivity (Wildman–Crippen MR) is 79.5 cm³/mol. The molecular weight excluding hydrogens is 234 g/mol. The van der Waals surface area contributed by atoms with Crippen LogP contribution < -0.4 is 10.1 Å². The molecule has 0 aliphatic rings. The van der Waals surface area contributed by atoms with Crippen LogP contribution in [0.3, 0.4) is 0 Å². The first-order valence-electron chi connectivity index (χ1n) is 6.73. The van der Waals surface area contributed by atoms with Gasteiger partial charge in [-0.2, -0.15) is 0 Å². The zero-order chi connectivity index (χ0) is 13.5. The quantitative estimate of drug-likeness (QED) is 0.794. The van der Waals surface area contributed by atoms with Crippen LogP contribution in [0.5, 0.6) is 5.75 Å². The van der Waals surface area contributed by atoms with E-state index in [-0.39, 0.29) is 0 Å². The van der Waals surface area contributed by atoms with Gasteiger partial charge < -0.3 is 10.1 Å². The van der Waals surface area contributed by atoms with Gasteiger partial charge in [0, 0.05) is 12.6 Å². The van der Waals surface area contributed by atoms with E-state index in [1.165, 1.54) is 11.1 Å². The summed E-state index contributed by atoms with van der Waals surface area (Å²) in [7, 11) is 0. The smallest absolute Gasteiger partial charge is 0.119 e. The molecule has 2 heteroatoms. The van der Waals surface area contributed by atoms with E-state index >= 15 is 0 Å². The van der Waals surface area contributed by atoms with Crippen molar-refractivity contribution in [2.24, 2.45) is 0 Å². The summed E-state index contributed by atoms with van der Waals surface area (Å²) >= 11 is 0. The Bertz CT molecular complexity index is 496. The Balaban J connectivity index is 1.72. The van der Waals surface area contributed by atoms with Crippen molar-refractivity contribution in [3.63, 3.8) is 0 Å². The summed E-state index contributed by atoms with van der Waals surface area (Å²) in [5, 5.41) is 3.46. The van der Waals surface area contributed by atoms with Gasteiger partial charge in [0.2, 0.25) is 0 Å². The van der Waals surface area contributed by atoms with Crippen molar-refractivity contribution in [1.82, 2.24) is 5.32 Å². The van der Waals surface area contributed by atoms with Crippen LogP contribution in [0.15, 0.2) is 54.6 Å². The summed E-state index contributed by atoms with van der Waals surface area (Å²) < 4.78 is 5.71. The fraction of sp³-hybridized carbons (Fsp3) is 0.294. The molecule has 0 radical (unpaired) electrons. The van der Waals surface area contributed by atoms with Crippen LogP contribution in [0.2, 0.25) is 0 Å². The number of hydrogen-bond donors (Lipinski definition) is 1. The van der Waals surface area contributed by atoms with E-state index in [9.17, 15) is 0 Å². The van der Waals surface area contributed by atoms with Crippen LogP contribution in [0, 0.1) is 6.92 Å². The first-order valence-corrected chi connectivity index (χ1v) is 6.73. The summed E-state index contributed by atoms with van der Waals surface area (Å²) in [5.74, 6) is 0.939. The van der Waals surface area contributed by atoms with Crippen molar-refractivity contribution in [1.29, 1.82) is 0 Å². The molecule has 1 atom stereocenters. The molecule has 2 rings (SSSR count). The first kappa shape index (κ1) is 13.6. The van der Waals surface area contributed by atoms with Gasteiger partial charge in [-0.25, -0.2) is 0 Å². The average Bonchev–Trinajstić information content (AvgIpc) is 2.44. The molecule has 0 saturated carbocycles. The third-order valence-electron chi connectivity index (χ3n) is 3.11. The molecule has 0 aliphatic carbocycles. The Labute approximate surface area is 115 Å². The van der Waals surface area contributed by atoms with E-state index in [1.54, 1.807) is 0 Å². The van der Waals surface area contributed by atoms with E-state index in [1.807, 2.05) is 18.2 Å². The minimum absolute atomic E-state index is 0.349. The summed E-state index contributed by atoms with van der Waals surface area (Å²) in [4.78, 5) is 0. The van der Waals surface area contributed by atoms with Gasteiger partial charge in [0.25, 0.3) is 0 Å². The monoisotopic (exact) mass is 255 g/mol. The minimum atomic E-state index is 0.349. The van der Waals surface area contributed by atoms with Crippen LogP contribution in [-0.4, -0.2) is 13.2 Å². The maximum absolute atomic E-state index is 5.71. The highest BCUT2D eigenvalue weighted by molar-refractivity contribution is 5.27. The molecule has 19 heavy (non-hydrogen) atoms. The molecule has 0 aliphatic heterocycles. The summed E-state index contributed by atoms with van der Waals surface area (Å²) in [6.45, 7) is 5.76. The van der Waals surface area contributed by atoms with Crippen LogP contribution in [0.25, 0.3) is 0 Å². The third kappa shape index (κ3) is 4.42. The van der Waals surface area contributed by atoms with Crippen molar-refractivity contribution in [3.05, 3.63) is 65.7 Å². The lowest BCUT2D eigenvalue weighted by molar-refractivity contribution is 0.307. The Hall–Kier alpha value is -1.80. The van der Waals surface area contributed by atoms with Gasteiger partial charge in [0.1, 0.15) is 12.4 Å². The molecule has 0 bridgehead atoms. The van der Waals surface area contributed by atoms with E-state index in [2.05, 4.69) is 55.6 Å². The largest absolute Gasteiger partial charge is 0.492 e. The molecule has 0 heterocycles. The fourth-order valence-electron chi connectivity index (χ4n) is 2.01. The molecule has 0 aromatic heterocycles. The zero-order valence-corrected chi connectivity index (χ0v) is 11.6. The van der Waals surface area contributed by atoms with Gasteiger partial charge in [-0.05, 0) is 37.1 Å². The lowest BCUT2D eigenvalue weighted by Crippen LogP contribution is -2.24. The summed E-state index contributed by atoms with van der Waals surface area (Å²) in [6, 6.07) is 18.9. The lowest BCUT2D eigenvalue weighted by atomic mass is 10.1. The Morgan fingerprint density at radius 3 is 2.58 bits per heavy atom. The van der Waals surface area contributed by atoms with Crippen LogP contribution in [0.4, 0.5) is 0 Å². The van der Waals surface area contributed by atoms with Gasteiger partial charge in [-0.3, -0.25) is 0 Å². The van der Waals surface area contributed by atoms with Crippen molar-refractivity contribution >= 4 is 0 Å². The molecule has 2 nitrogen and oxygen atoms in total. The van der Waals surface area contributed by atoms with E-state index in [0.717, 1.165) is 12.3 Å². The molecule has 1 N–H and O–H groups in total. The molecule has 0 amide bonds. The number of nitrogens with one attached hydrogen (secondary N) is 1. The molecular formula is C17H21NO. The second-order valence-corrected chi connectivity index (χ2v) is 4.75. The van der Waals surface area contributed by atoms with Gasteiger partial charge in [-0.1, -0.05) is 42.5 Å². The molecule has 0 spiro atoms. The maximum atomic E-state index is 5.71. The molecule has 0 saturated heterocycles. The normalized spacial score (nSPS) is 12.1. The van der Waals surface area contributed by atoms with E-state index < -0.39 is 0 Å². The zero-order valence-electron chi connectivity index (χ0n) is 11.6. The van der Waals surface area contributed by atoms with Crippen LogP contribution >= 0.6 is 0 Å². The Kier molecular flexibility index (Phi) is 4.99. The second kappa shape index (κ2) is 6.95. The average molecular weight is 255 g/mol. The molecule has 2 aromatic rings. The number of hydrogen-bond acceptors (Lipinski definition) is 2. The van der Waals surface area contributed by atoms with Gasteiger partial charge >= 0.3 is 0 Å². The molecule has 2 aromatic carbocycles. The molecule has 1 unspecified atom stereocenters. The highest BCUT2D eigenvalue weighted by Gasteiger charge is 2.03. The second-order valence-electron chi connectivity index (χ2n) is 4.75. The van der Waals surface area contributed by atoms with Crippen LogP contribution in [-0.2, 0) is 0 Å². The van der Waals surface area contributed by atoms with E-state index in [4.69, 9.17) is 4.74 Å². The van der Waals surface area contributed by atoms with Gasteiger partial charge in [0.05, 0.1) is 0 Å². The van der Waals surface area contributed by atoms with Crippen molar-refractivity contribution < 1.29 is 4.74 Å². The highest BCUT2D eigenvalue weighted by atomic mass is 16.5. The third-order valence-corrected chi connectivity index (χ3v) is 3.11. The SMILES string of the molecule is Cc1cccc(OCCNC(C)c2ccccc2)c1. The number of benzene rings is 2. The fourth-order valence-corrected chi connectivity index (χ4v) is 2.01. The topological polar surface area (TPSA) is 21.3 Å². The highest BCUT2D eigenvalue weighted by Crippen LogP contribution is 2.13. The number of aryl methyl sites for hydroxylation is 1. The van der Waals surface area contributed by atoms with Crippen molar-refractivity contribution in [3.8, 4) is 5.75 Å². The maximum Gasteiger partial charge on any atom is 0.119 e. The standard InChI is InChI=1S/C17H21NO/c1-14-7-6-10-17(13-14)19-12-11-18-15(2)16-8-4-3-5-9-16/h3-10,13,15,18H,11-12H2,1-2H3. The Morgan fingerprint density at radius 1 is 1.05 bits per heavy atom. The molecule has 0 fully saturated rings. The van der Waals surface area contributed by atoms with Crippen molar-refractivity contribution in [2.75, 3.05) is 13.2 Å². The number of ether oxygens (including phenoxy) is 1. The number of rotatable bonds is 6. The Morgan fingerprint density at radius 2 is 1.84 bits per heavy atom. The van der Waals surface area contributed by atoms with E-state index in [0.29, 0.717) is 12.6 Å². The van der Waals surface area contributed by atoms with Crippen molar-refractivity contribution in [2.45, 2.75) is 19.9 Å². The first-order chi connectivity index (χ1) is 9.25. The summed E-state index contributed by atoms with van der Waals surface area (Å²) in [5.41, 5.74) is 2.53. The lowest BCUT2D eigenvalue weighted by Gasteiger charge is -2.14. The summed E-state index contributed by atoms with van der Waals surface area (Å²) in [6.07, 6.45) is 0. The predicted octanol–water partition coefficient (Wildman–Crippen LogP) is 3.72. The van der Waals surface area contributed by atoms with Gasteiger partial charge in [-0.15, -0.1) is 0 Å². The van der Waals surface area contributed by atoms with Gasteiger partial charge in [0.15, 0.2) is 0 Å². The molecule has 100 valence electrons. The minimum Gasteiger partial charge on any atom is -0.492 e.